The third kappa shape index (κ3) is 4.32. The minimum absolute atomic E-state index is 0.123. The number of benzene rings is 4. The summed E-state index contributed by atoms with van der Waals surface area (Å²) >= 11 is 0. The zero-order valence-corrected chi connectivity index (χ0v) is 20.1. The van der Waals surface area contributed by atoms with Crippen LogP contribution in [0, 0.1) is 10.1 Å². The van der Waals surface area contributed by atoms with Gasteiger partial charge in [0.1, 0.15) is 0 Å². The molecule has 0 radical (unpaired) electrons. The highest BCUT2D eigenvalue weighted by molar-refractivity contribution is 5.98. The second kappa shape index (κ2) is 9.43. The molecule has 36 heavy (non-hydrogen) atoms. The molecule has 0 saturated carbocycles. The summed E-state index contributed by atoms with van der Waals surface area (Å²) < 4.78 is 4.12. The van der Waals surface area contributed by atoms with Crippen LogP contribution >= 0.6 is 0 Å². The number of nitrogen functional groups attached to an aromatic ring is 1. The number of nitrogens with two attached hydrogens (primary N) is 1. The predicted molar refractivity (Wildman–Crippen MR) is 148 cm³/mol. The van der Waals surface area contributed by atoms with E-state index < -0.39 is 0 Å². The van der Waals surface area contributed by atoms with Crippen molar-refractivity contribution in [1.82, 2.24) is 9.13 Å². The van der Waals surface area contributed by atoms with Crippen LogP contribution in [-0.2, 0) is 14.1 Å². The molecule has 0 fully saturated rings. The third-order valence-corrected chi connectivity index (χ3v) is 6.33. The average Bonchev–Trinajstić information content (AvgIpc) is 3.46. The molecule has 6 nitrogen and oxygen atoms in total. The number of hydrogen-bond acceptors (Lipinski definition) is 3. The van der Waals surface area contributed by atoms with E-state index in [-0.39, 0.29) is 10.6 Å². The van der Waals surface area contributed by atoms with E-state index in [1.807, 2.05) is 84.5 Å². The second-order valence-electron chi connectivity index (χ2n) is 8.78. The van der Waals surface area contributed by atoms with Gasteiger partial charge in [0.15, 0.2) is 0 Å². The number of hydrogen-bond donors (Lipinski definition) is 1. The highest BCUT2D eigenvalue weighted by Crippen LogP contribution is 2.33. The Morgan fingerprint density at radius 1 is 0.667 bits per heavy atom. The van der Waals surface area contributed by atoms with Crippen LogP contribution in [0.15, 0.2) is 109 Å². The minimum atomic E-state index is -0.348. The van der Waals surface area contributed by atoms with Gasteiger partial charge < -0.3 is 14.9 Å². The van der Waals surface area contributed by atoms with E-state index in [4.69, 9.17) is 5.73 Å². The molecule has 2 heterocycles. The molecular formula is C30H26N4O2. The van der Waals surface area contributed by atoms with Crippen molar-refractivity contribution in [3.8, 4) is 22.3 Å². The van der Waals surface area contributed by atoms with Crippen molar-refractivity contribution >= 4 is 33.2 Å². The number of aromatic nitrogens is 2. The first-order chi connectivity index (χ1) is 17.4. The maximum Gasteiger partial charge on any atom is 0.270 e. The molecular weight excluding hydrogens is 448 g/mol. The summed E-state index contributed by atoms with van der Waals surface area (Å²) in [5, 5.41) is 13.1. The predicted octanol–water partition coefficient (Wildman–Crippen LogP) is 7.18. The molecule has 0 aliphatic heterocycles. The van der Waals surface area contributed by atoms with Crippen LogP contribution in [0.4, 0.5) is 11.4 Å². The molecule has 6 heteroatoms. The lowest BCUT2D eigenvalue weighted by molar-refractivity contribution is -0.384. The van der Waals surface area contributed by atoms with Gasteiger partial charge in [-0.25, -0.2) is 0 Å². The van der Waals surface area contributed by atoms with Gasteiger partial charge in [0.25, 0.3) is 5.69 Å². The van der Waals surface area contributed by atoms with Gasteiger partial charge in [-0.15, -0.1) is 0 Å². The van der Waals surface area contributed by atoms with Crippen molar-refractivity contribution in [3.63, 3.8) is 0 Å². The number of non-ortho nitro benzene ring substituents is 1. The number of nitro benzene ring substituents is 1. The van der Waals surface area contributed by atoms with Gasteiger partial charge in [0, 0.05) is 66.2 Å². The summed E-state index contributed by atoms with van der Waals surface area (Å²) in [6.07, 6.45) is 3.98. The molecule has 4 aromatic carbocycles. The number of aryl methyl sites for hydroxylation is 2. The summed E-state index contributed by atoms with van der Waals surface area (Å²) in [5.74, 6) is 0. The van der Waals surface area contributed by atoms with Crippen LogP contribution in [0.2, 0.25) is 0 Å². The van der Waals surface area contributed by atoms with Gasteiger partial charge in [-0.2, -0.15) is 0 Å². The number of rotatable bonds is 3. The maximum atomic E-state index is 11.0. The molecule has 0 saturated heterocycles. The first-order valence-electron chi connectivity index (χ1n) is 11.6. The van der Waals surface area contributed by atoms with E-state index in [1.165, 1.54) is 22.0 Å². The van der Waals surface area contributed by atoms with Crippen LogP contribution in [-0.4, -0.2) is 14.1 Å². The Morgan fingerprint density at radius 2 is 1.14 bits per heavy atom. The Hall–Kier alpha value is -4.84. The van der Waals surface area contributed by atoms with E-state index in [1.54, 1.807) is 12.1 Å². The van der Waals surface area contributed by atoms with Crippen molar-refractivity contribution in [2.75, 3.05) is 5.73 Å². The van der Waals surface area contributed by atoms with E-state index in [0.717, 1.165) is 27.7 Å². The molecule has 0 bridgehead atoms. The first-order valence-corrected chi connectivity index (χ1v) is 11.6. The summed E-state index contributed by atoms with van der Waals surface area (Å²) in [7, 11) is 4.01. The molecule has 0 aliphatic rings. The number of nitro groups is 1. The highest BCUT2D eigenvalue weighted by Gasteiger charge is 2.14. The first kappa shape index (κ1) is 22.9. The topological polar surface area (TPSA) is 79.0 Å². The summed E-state index contributed by atoms with van der Waals surface area (Å²) in [6, 6.07) is 31.4. The van der Waals surface area contributed by atoms with Crippen LogP contribution in [0.5, 0.6) is 0 Å². The van der Waals surface area contributed by atoms with Crippen LogP contribution in [0.25, 0.3) is 44.1 Å². The van der Waals surface area contributed by atoms with E-state index >= 15 is 0 Å². The quantitative estimate of drug-likeness (QED) is 0.168. The summed E-state index contributed by atoms with van der Waals surface area (Å²) in [5.41, 5.74) is 13.4. The molecule has 0 atom stereocenters. The highest BCUT2D eigenvalue weighted by atomic mass is 16.6. The van der Waals surface area contributed by atoms with E-state index in [0.29, 0.717) is 0 Å². The summed E-state index contributed by atoms with van der Waals surface area (Å²) in [4.78, 5) is 10.7. The number of anilines is 1. The molecule has 6 rings (SSSR count). The maximum absolute atomic E-state index is 11.0. The molecule has 2 N–H and O–H groups in total. The molecule has 0 aliphatic carbocycles. The Labute approximate surface area is 209 Å². The van der Waals surface area contributed by atoms with Gasteiger partial charge in [-0.3, -0.25) is 10.1 Å². The van der Waals surface area contributed by atoms with Crippen LogP contribution < -0.4 is 5.73 Å². The van der Waals surface area contributed by atoms with Gasteiger partial charge >= 0.3 is 0 Å². The van der Waals surface area contributed by atoms with Gasteiger partial charge in [0.05, 0.1) is 16.0 Å². The second-order valence-corrected chi connectivity index (χ2v) is 8.78. The number of fused-ring (bicyclic) bond motifs is 2. The molecule has 0 spiro atoms. The Balaban J connectivity index is 0.000000149. The fourth-order valence-corrected chi connectivity index (χ4v) is 4.68. The average molecular weight is 475 g/mol. The molecule has 178 valence electrons. The Morgan fingerprint density at radius 3 is 1.64 bits per heavy atom. The molecule has 6 aromatic rings. The largest absolute Gasteiger partial charge is 0.399 e. The van der Waals surface area contributed by atoms with Gasteiger partial charge in [-0.05, 0) is 35.4 Å². The van der Waals surface area contributed by atoms with E-state index in [2.05, 4.69) is 36.0 Å². The standard InChI is InChI=1S/C15H12N2O2.C15H14N2/c1-16-8-7-12-9-13(17(18)19)10-14(15(12)16)11-5-3-2-4-6-11;1-17-8-7-12-9-13(16)10-14(15(12)17)11-5-3-2-4-6-11/h2-10H,1H3;2-10H,16H2,1H3. The van der Waals surface area contributed by atoms with Crippen molar-refractivity contribution in [2.45, 2.75) is 0 Å². The lowest BCUT2D eigenvalue weighted by Gasteiger charge is -2.08. The zero-order chi connectivity index (χ0) is 25.2. The fraction of sp³-hybridized carbons (Fsp3) is 0.0667. The summed E-state index contributed by atoms with van der Waals surface area (Å²) in [6.45, 7) is 0. The third-order valence-electron chi connectivity index (χ3n) is 6.33. The van der Waals surface area contributed by atoms with Crippen LogP contribution in [0.3, 0.4) is 0 Å². The van der Waals surface area contributed by atoms with Crippen molar-refractivity contribution in [2.24, 2.45) is 14.1 Å². The minimum Gasteiger partial charge on any atom is -0.399 e. The molecule has 0 unspecified atom stereocenters. The van der Waals surface area contributed by atoms with Crippen molar-refractivity contribution in [1.29, 1.82) is 0 Å². The van der Waals surface area contributed by atoms with Gasteiger partial charge in [-0.1, -0.05) is 60.7 Å². The Bertz CT molecular complexity index is 1680. The lowest BCUT2D eigenvalue weighted by Crippen LogP contribution is -1.92. The van der Waals surface area contributed by atoms with E-state index in [9.17, 15) is 10.1 Å². The van der Waals surface area contributed by atoms with Gasteiger partial charge in [0.2, 0.25) is 0 Å². The van der Waals surface area contributed by atoms with Crippen molar-refractivity contribution in [3.05, 3.63) is 120 Å². The Kier molecular flexibility index (Phi) is 6.00. The smallest absolute Gasteiger partial charge is 0.270 e. The SMILES string of the molecule is Cn1ccc2cc(N)cc(-c3ccccc3)c21.Cn1ccc2cc([N+](=O)[O-])cc(-c3ccccc3)c21. The lowest BCUT2D eigenvalue weighted by atomic mass is 10.0. The molecule has 0 amide bonds. The number of nitrogens with zero attached hydrogens (tertiary/aromatic N) is 3. The zero-order valence-electron chi connectivity index (χ0n) is 20.1. The fourth-order valence-electron chi connectivity index (χ4n) is 4.68. The monoisotopic (exact) mass is 474 g/mol. The van der Waals surface area contributed by atoms with Crippen LogP contribution in [0.1, 0.15) is 0 Å². The van der Waals surface area contributed by atoms with Crippen molar-refractivity contribution < 1.29 is 4.92 Å². The molecule has 2 aromatic heterocycles. The normalized spacial score (nSPS) is 10.8.